The number of hydrogen-bond acceptors (Lipinski definition) is 7. The average molecular weight is 580 g/mol. The highest BCUT2D eigenvalue weighted by Gasteiger charge is 2.19. The number of rotatable bonds is 9. The van der Waals surface area contributed by atoms with Crippen molar-refractivity contribution in [3.8, 4) is 11.5 Å². The van der Waals surface area contributed by atoms with Crippen molar-refractivity contribution in [1.29, 1.82) is 0 Å². The topological polar surface area (TPSA) is 127 Å². The van der Waals surface area contributed by atoms with Crippen molar-refractivity contribution in [2.24, 2.45) is 5.10 Å². The summed E-state index contributed by atoms with van der Waals surface area (Å²) < 4.78 is 17.1. The Kier molecular flexibility index (Phi) is 9.64. The Morgan fingerprint density at radius 1 is 1.21 bits per heavy atom. The minimum Gasteiger partial charge on any atom is -0.493 e. The van der Waals surface area contributed by atoms with Crippen LogP contribution in [0.25, 0.3) is 0 Å². The molecule has 2 aromatic carbocycles. The van der Waals surface area contributed by atoms with Crippen molar-refractivity contribution in [2.45, 2.75) is 18.9 Å². The third kappa shape index (κ3) is 7.70. The van der Waals surface area contributed by atoms with E-state index < -0.39 is 11.8 Å². The highest BCUT2D eigenvalue weighted by molar-refractivity contribution is 14.1. The first-order valence-electron chi connectivity index (χ1n) is 10.5. The van der Waals surface area contributed by atoms with Crippen LogP contribution in [-0.4, -0.2) is 56.9 Å². The fraction of sp³-hybridized carbons (Fsp3) is 0.304. The molecule has 0 spiro atoms. The Bertz CT molecular complexity index is 1040. The standard InChI is InChI=1S/C23H25IN4O6/c1-32-19-11-15(12-26-28-23(31)22(30)25-13-17-8-5-9-33-17)10-18(24)21(19)34-14-20(29)27-16-6-3-2-4-7-16/h2-4,6-7,10-12,17H,5,8-9,13-14H2,1H3,(H,25,30)(H,27,29)(H,28,31)/b26-12-/t17-/m1/s1. The summed E-state index contributed by atoms with van der Waals surface area (Å²) in [5, 5.41) is 9.10. The van der Waals surface area contributed by atoms with E-state index in [4.69, 9.17) is 14.2 Å². The number of nitrogens with one attached hydrogen (secondary N) is 3. The summed E-state index contributed by atoms with van der Waals surface area (Å²) in [6, 6.07) is 12.4. The van der Waals surface area contributed by atoms with Gasteiger partial charge < -0.3 is 24.8 Å². The molecule has 10 nitrogen and oxygen atoms in total. The number of para-hydroxylation sites is 1. The molecule has 1 heterocycles. The quantitative estimate of drug-likeness (QED) is 0.181. The summed E-state index contributed by atoms with van der Waals surface area (Å²) in [4.78, 5) is 35.9. The number of halogens is 1. The predicted octanol–water partition coefficient (Wildman–Crippen LogP) is 2.06. The molecular weight excluding hydrogens is 555 g/mol. The molecule has 180 valence electrons. The number of amides is 3. The van der Waals surface area contributed by atoms with E-state index in [1.807, 2.05) is 40.8 Å². The number of benzene rings is 2. The first-order chi connectivity index (χ1) is 16.5. The van der Waals surface area contributed by atoms with Gasteiger partial charge in [-0.3, -0.25) is 14.4 Å². The van der Waals surface area contributed by atoms with Gasteiger partial charge in [-0.25, -0.2) is 5.43 Å². The average Bonchev–Trinajstić information content (AvgIpc) is 3.35. The van der Waals surface area contributed by atoms with E-state index in [2.05, 4.69) is 21.2 Å². The summed E-state index contributed by atoms with van der Waals surface area (Å²) in [5.74, 6) is -1.17. The SMILES string of the molecule is COc1cc(/C=N\NC(=O)C(=O)NC[C@H]2CCCO2)cc(I)c1OCC(=O)Nc1ccccc1. The lowest BCUT2D eigenvalue weighted by molar-refractivity contribution is -0.139. The fourth-order valence-electron chi connectivity index (χ4n) is 3.12. The predicted molar refractivity (Wildman–Crippen MR) is 134 cm³/mol. The molecule has 0 bridgehead atoms. The maximum Gasteiger partial charge on any atom is 0.329 e. The molecule has 1 atom stereocenters. The Labute approximate surface area is 210 Å². The minimum absolute atomic E-state index is 0.0556. The van der Waals surface area contributed by atoms with Crippen LogP contribution in [0.4, 0.5) is 5.69 Å². The molecule has 0 radical (unpaired) electrons. The molecule has 2 aromatic rings. The van der Waals surface area contributed by atoms with Crippen molar-refractivity contribution in [3.63, 3.8) is 0 Å². The van der Waals surface area contributed by atoms with Crippen molar-refractivity contribution < 1.29 is 28.6 Å². The van der Waals surface area contributed by atoms with E-state index in [0.29, 0.717) is 32.9 Å². The number of carbonyl (C=O) groups is 3. The van der Waals surface area contributed by atoms with Crippen molar-refractivity contribution in [3.05, 3.63) is 51.6 Å². The van der Waals surface area contributed by atoms with Gasteiger partial charge in [0.25, 0.3) is 5.91 Å². The van der Waals surface area contributed by atoms with Gasteiger partial charge in [-0.05, 0) is 65.3 Å². The smallest absolute Gasteiger partial charge is 0.329 e. The van der Waals surface area contributed by atoms with E-state index >= 15 is 0 Å². The van der Waals surface area contributed by atoms with Crippen molar-refractivity contribution in [1.82, 2.24) is 10.7 Å². The number of anilines is 1. The molecule has 0 saturated carbocycles. The largest absolute Gasteiger partial charge is 0.493 e. The monoisotopic (exact) mass is 580 g/mol. The summed E-state index contributed by atoms with van der Waals surface area (Å²) in [7, 11) is 1.48. The van der Waals surface area contributed by atoms with Gasteiger partial charge in [0, 0.05) is 18.8 Å². The fourth-order valence-corrected chi connectivity index (χ4v) is 3.90. The molecule has 3 rings (SSSR count). The van der Waals surface area contributed by atoms with Gasteiger partial charge in [0.05, 0.1) is 23.0 Å². The van der Waals surface area contributed by atoms with E-state index in [1.54, 1.807) is 24.3 Å². The Balaban J connectivity index is 1.52. The first kappa shape index (κ1) is 25.4. The van der Waals surface area contributed by atoms with Gasteiger partial charge in [0.2, 0.25) is 0 Å². The lowest BCUT2D eigenvalue weighted by atomic mass is 10.2. The van der Waals surface area contributed by atoms with Crippen molar-refractivity contribution >= 4 is 52.2 Å². The van der Waals surface area contributed by atoms with Gasteiger partial charge >= 0.3 is 11.8 Å². The van der Waals surface area contributed by atoms with E-state index in [-0.39, 0.29) is 25.2 Å². The number of hydrogen-bond donors (Lipinski definition) is 3. The lowest BCUT2D eigenvalue weighted by Gasteiger charge is -2.13. The van der Waals surface area contributed by atoms with E-state index in [9.17, 15) is 14.4 Å². The minimum atomic E-state index is -0.875. The molecule has 0 unspecified atom stereocenters. The Hall–Kier alpha value is -3.19. The van der Waals surface area contributed by atoms with Gasteiger partial charge in [0.1, 0.15) is 0 Å². The van der Waals surface area contributed by atoms with E-state index in [1.165, 1.54) is 13.3 Å². The summed E-state index contributed by atoms with van der Waals surface area (Å²) in [6.45, 7) is 0.756. The van der Waals surface area contributed by atoms with Crippen LogP contribution in [0.2, 0.25) is 0 Å². The lowest BCUT2D eigenvalue weighted by Crippen LogP contribution is -2.41. The number of ether oxygens (including phenoxy) is 3. The zero-order valence-electron chi connectivity index (χ0n) is 18.5. The normalized spacial score (nSPS) is 15.1. The van der Waals surface area contributed by atoms with Crippen LogP contribution in [0.15, 0.2) is 47.6 Å². The second kappa shape index (κ2) is 12.9. The van der Waals surface area contributed by atoms with Crippen LogP contribution in [0.5, 0.6) is 11.5 Å². The molecule has 11 heteroatoms. The molecule has 3 amide bonds. The third-order valence-corrected chi connectivity index (χ3v) is 5.56. The zero-order chi connectivity index (χ0) is 24.3. The van der Waals surface area contributed by atoms with Crippen LogP contribution >= 0.6 is 22.6 Å². The molecule has 0 aromatic heterocycles. The molecule has 1 aliphatic rings. The Morgan fingerprint density at radius 3 is 2.71 bits per heavy atom. The third-order valence-electron chi connectivity index (χ3n) is 4.76. The van der Waals surface area contributed by atoms with Crippen LogP contribution in [-0.2, 0) is 19.1 Å². The summed E-state index contributed by atoms with van der Waals surface area (Å²) in [5.41, 5.74) is 3.46. The van der Waals surface area contributed by atoms with Crippen LogP contribution < -0.4 is 25.5 Å². The summed E-state index contributed by atoms with van der Waals surface area (Å²) >= 11 is 2.05. The number of nitrogens with zero attached hydrogens (tertiary/aromatic N) is 1. The van der Waals surface area contributed by atoms with E-state index in [0.717, 1.165) is 12.8 Å². The maximum atomic E-state index is 12.2. The van der Waals surface area contributed by atoms with Gasteiger partial charge in [-0.1, -0.05) is 18.2 Å². The highest BCUT2D eigenvalue weighted by atomic mass is 127. The van der Waals surface area contributed by atoms with Gasteiger partial charge in [-0.2, -0.15) is 5.10 Å². The van der Waals surface area contributed by atoms with Crippen molar-refractivity contribution in [2.75, 3.05) is 32.2 Å². The van der Waals surface area contributed by atoms with Gasteiger partial charge in [-0.15, -0.1) is 0 Å². The van der Waals surface area contributed by atoms with Gasteiger partial charge in [0.15, 0.2) is 18.1 Å². The second-order valence-corrected chi connectivity index (χ2v) is 8.44. The summed E-state index contributed by atoms with van der Waals surface area (Å²) in [6.07, 6.45) is 3.13. The molecule has 1 saturated heterocycles. The maximum absolute atomic E-state index is 12.2. The highest BCUT2D eigenvalue weighted by Crippen LogP contribution is 2.33. The molecule has 0 aliphatic carbocycles. The molecule has 1 aliphatic heterocycles. The first-order valence-corrected chi connectivity index (χ1v) is 11.6. The number of carbonyl (C=O) groups excluding carboxylic acids is 3. The number of hydrazone groups is 1. The second-order valence-electron chi connectivity index (χ2n) is 7.28. The Morgan fingerprint density at radius 2 is 2.00 bits per heavy atom. The van der Waals surface area contributed by atoms with Crippen LogP contribution in [0.3, 0.4) is 0 Å². The molecule has 3 N–H and O–H groups in total. The number of methoxy groups -OCH3 is 1. The molecule has 1 fully saturated rings. The molecule has 34 heavy (non-hydrogen) atoms. The van der Waals surface area contributed by atoms with Crippen LogP contribution in [0.1, 0.15) is 18.4 Å². The van der Waals surface area contributed by atoms with Crippen LogP contribution in [0, 0.1) is 3.57 Å². The molecular formula is C23H25IN4O6. The zero-order valence-corrected chi connectivity index (χ0v) is 20.7.